The molecule has 27 heavy (non-hydrogen) atoms. The molecule has 1 fully saturated rings. The van der Waals surface area contributed by atoms with Crippen LogP contribution in [0.15, 0.2) is 53.0 Å². The summed E-state index contributed by atoms with van der Waals surface area (Å²) in [6, 6.07) is 14.4. The molecule has 1 saturated heterocycles. The van der Waals surface area contributed by atoms with Gasteiger partial charge in [0.05, 0.1) is 12.6 Å². The molecule has 1 aliphatic heterocycles. The van der Waals surface area contributed by atoms with Gasteiger partial charge in [0.2, 0.25) is 11.8 Å². The van der Waals surface area contributed by atoms with Gasteiger partial charge in [0, 0.05) is 23.0 Å². The molecule has 0 spiro atoms. The highest BCUT2D eigenvalue weighted by molar-refractivity contribution is 9.10. The Labute approximate surface area is 166 Å². The fourth-order valence-corrected chi connectivity index (χ4v) is 3.57. The van der Waals surface area contributed by atoms with E-state index in [1.54, 1.807) is 24.3 Å². The Morgan fingerprint density at radius 3 is 2.33 bits per heavy atom. The molecule has 1 atom stereocenters. The summed E-state index contributed by atoms with van der Waals surface area (Å²) in [6.07, 6.45) is 0.572. The molecule has 0 aromatic heterocycles. The number of carbonyl (C=O) groups is 3. The molecule has 0 saturated carbocycles. The average Bonchev–Trinajstić information content (AvgIpc) is 2.95. The van der Waals surface area contributed by atoms with Crippen LogP contribution >= 0.6 is 15.9 Å². The summed E-state index contributed by atoms with van der Waals surface area (Å²) in [5.74, 6) is -0.273. The van der Waals surface area contributed by atoms with E-state index >= 15 is 0 Å². The van der Waals surface area contributed by atoms with Crippen LogP contribution in [0, 0.1) is 0 Å². The lowest BCUT2D eigenvalue weighted by molar-refractivity contribution is -0.139. The van der Waals surface area contributed by atoms with Gasteiger partial charge in [-0.25, -0.2) is 4.79 Å². The second kappa shape index (κ2) is 8.35. The molecule has 1 unspecified atom stereocenters. The van der Waals surface area contributed by atoms with Crippen molar-refractivity contribution < 1.29 is 14.4 Å². The molecule has 6 nitrogen and oxygen atoms in total. The maximum Gasteiger partial charge on any atom is 0.319 e. The van der Waals surface area contributed by atoms with Crippen LogP contribution in [0.1, 0.15) is 36.9 Å². The van der Waals surface area contributed by atoms with E-state index in [2.05, 4.69) is 26.6 Å². The Balaban J connectivity index is 1.56. The zero-order chi connectivity index (χ0) is 19.4. The minimum Gasteiger partial charge on any atom is -0.331 e. The highest BCUT2D eigenvalue weighted by Gasteiger charge is 2.28. The maximum atomic E-state index is 12.2. The zero-order valence-corrected chi connectivity index (χ0v) is 16.5. The number of likely N-dealkylation sites (tertiary alicyclic amines) is 1. The van der Waals surface area contributed by atoms with Gasteiger partial charge in [0.25, 0.3) is 0 Å². The summed E-state index contributed by atoms with van der Waals surface area (Å²) in [6.45, 7) is 2.18. The first-order valence-corrected chi connectivity index (χ1v) is 9.47. The number of hydrogen-bond donors (Lipinski definition) is 2. The fourth-order valence-electron chi connectivity index (χ4n) is 2.94. The van der Waals surface area contributed by atoms with E-state index < -0.39 is 0 Å². The van der Waals surface area contributed by atoms with E-state index in [0.29, 0.717) is 5.69 Å². The van der Waals surface area contributed by atoms with E-state index in [1.807, 2.05) is 31.2 Å². The molecular weight excluding hydrogens is 410 g/mol. The molecule has 0 radical (unpaired) electrons. The lowest BCUT2D eigenvalue weighted by Crippen LogP contribution is -2.31. The molecule has 7 heteroatoms. The van der Waals surface area contributed by atoms with Crippen molar-refractivity contribution in [3.63, 3.8) is 0 Å². The topological polar surface area (TPSA) is 78.5 Å². The Morgan fingerprint density at radius 2 is 1.70 bits per heavy atom. The van der Waals surface area contributed by atoms with Crippen LogP contribution < -0.4 is 10.6 Å². The van der Waals surface area contributed by atoms with Crippen LogP contribution in [-0.2, 0) is 16.1 Å². The number of benzene rings is 2. The highest BCUT2D eigenvalue weighted by Crippen LogP contribution is 2.23. The second-order valence-electron chi connectivity index (χ2n) is 6.41. The summed E-state index contributed by atoms with van der Waals surface area (Å²) in [7, 11) is 0. The van der Waals surface area contributed by atoms with Gasteiger partial charge in [0.15, 0.2) is 0 Å². The summed E-state index contributed by atoms with van der Waals surface area (Å²) >= 11 is 3.48. The number of anilines is 1. The second-order valence-corrected chi connectivity index (χ2v) is 7.27. The minimum atomic E-state index is -0.309. The number of nitrogens with one attached hydrogen (secondary N) is 2. The number of urea groups is 1. The number of amides is 4. The number of rotatable bonds is 5. The van der Waals surface area contributed by atoms with Crippen molar-refractivity contribution in [2.24, 2.45) is 0 Å². The van der Waals surface area contributed by atoms with E-state index in [1.165, 1.54) is 4.90 Å². The van der Waals surface area contributed by atoms with Crippen LogP contribution in [0.5, 0.6) is 0 Å². The minimum absolute atomic E-state index is 0.136. The zero-order valence-electron chi connectivity index (χ0n) is 14.9. The Bertz CT molecular complexity index is 851. The van der Waals surface area contributed by atoms with Gasteiger partial charge in [-0.05, 0) is 36.2 Å². The first kappa shape index (κ1) is 19.1. The first-order chi connectivity index (χ1) is 12.9. The van der Waals surface area contributed by atoms with Crippen molar-refractivity contribution in [3.05, 3.63) is 64.1 Å². The normalized spacial score (nSPS) is 15.0. The summed E-state index contributed by atoms with van der Waals surface area (Å²) in [4.78, 5) is 36.9. The van der Waals surface area contributed by atoms with Gasteiger partial charge in [-0.15, -0.1) is 0 Å². The van der Waals surface area contributed by atoms with E-state index in [0.717, 1.165) is 15.6 Å². The van der Waals surface area contributed by atoms with Gasteiger partial charge in [0.1, 0.15) is 0 Å². The molecule has 4 amide bonds. The number of hydrogen-bond acceptors (Lipinski definition) is 3. The van der Waals surface area contributed by atoms with E-state index in [-0.39, 0.29) is 43.3 Å². The largest absolute Gasteiger partial charge is 0.331 e. The highest BCUT2D eigenvalue weighted by atomic mass is 79.9. The number of carbonyl (C=O) groups excluding carboxylic acids is 3. The van der Waals surface area contributed by atoms with Crippen LogP contribution in [0.25, 0.3) is 0 Å². The Kier molecular flexibility index (Phi) is 5.91. The first-order valence-electron chi connectivity index (χ1n) is 8.68. The van der Waals surface area contributed by atoms with Crippen molar-refractivity contribution >= 4 is 39.5 Å². The number of nitrogens with zero attached hydrogens (tertiary/aromatic N) is 1. The molecule has 0 bridgehead atoms. The summed E-state index contributed by atoms with van der Waals surface area (Å²) in [5.41, 5.74) is 2.46. The third-order valence-corrected chi connectivity index (χ3v) is 5.15. The lowest BCUT2D eigenvalue weighted by atomic mass is 10.1. The monoisotopic (exact) mass is 429 g/mol. The third-order valence-electron chi connectivity index (χ3n) is 4.43. The lowest BCUT2D eigenvalue weighted by Gasteiger charge is -2.17. The van der Waals surface area contributed by atoms with Crippen molar-refractivity contribution in [3.8, 4) is 0 Å². The molecule has 140 valence electrons. The number of halogens is 1. The van der Waals surface area contributed by atoms with Crippen LogP contribution in [-0.4, -0.2) is 22.7 Å². The molecule has 1 aliphatic rings. The van der Waals surface area contributed by atoms with Crippen molar-refractivity contribution in [2.75, 3.05) is 5.32 Å². The average molecular weight is 430 g/mol. The molecule has 2 aromatic carbocycles. The fraction of sp³-hybridized carbons (Fsp3) is 0.250. The van der Waals surface area contributed by atoms with Crippen LogP contribution in [0.4, 0.5) is 10.5 Å². The van der Waals surface area contributed by atoms with E-state index in [9.17, 15) is 14.4 Å². The van der Waals surface area contributed by atoms with Gasteiger partial charge >= 0.3 is 6.03 Å². The van der Waals surface area contributed by atoms with Crippen molar-refractivity contribution in [1.29, 1.82) is 0 Å². The van der Waals surface area contributed by atoms with Crippen molar-refractivity contribution in [2.45, 2.75) is 32.4 Å². The summed E-state index contributed by atoms with van der Waals surface area (Å²) < 4.78 is 0.938. The molecule has 3 rings (SSSR count). The Hall–Kier alpha value is -2.67. The van der Waals surface area contributed by atoms with Crippen LogP contribution in [0.3, 0.4) is 0 Å². The van der Waals surface area contributed by atoms with Crippen molar-refractivity contribution in [1.82, 2.24) is 10.2 Å². The smallest absolute Gasteiger partial charge is 0.319 e. The molecular formula is C20H20BrN3O3. The standard InChI is InChI=1S/C20H20BrN3O3/c1-13(16-4-2-3-5-17(16)21)22-20(27)23-15-8-6-14(7-9-15)12-24-18(25)10-11-19(24)26/h2-9,13H,10-12H2,1H3,(H2,22,23,27). The summed E-state index contributed by atoms with van der Waals surface area (Å²) in [5, 5.41) is 5.68. The quantitative estimate of drug-likeness (QED) is 0.705. The molecule has 2 N–H and O–H groups in total. The maximum absolute atomic E-state index is 12.2. The predicted molar refractivity (Wildman–Crippen MR) is 106 cm³/mol. The molecule has 0 aliphatic carbocycles. The third kappa shape index (κ3) is 4.74. The predicted octanol–water partition coefficient (Wildman–Crippen LogP) is 3.98. The Morgan fingerprint density at radius 1 is 1.07 bits per heavy atom. The van der Waals surface area contributed by atoms with Gasteiger partial charge < -0.3 is 10.6 Å². The van der Waals surface area contributed by atoms with Gasteiger partial charge in [-0.3, -0.25) is 14.5 Å². The van der Waals surface area contributed by atoms with E-state index in [4.69, 9.17) is 0 Å². The SMILES string of the molecule is CC(NC(=O)Nc1ccc(CN2C(=O)CCC2=O)cc1)c1ccccc1Br. The number of imide groups is 1. The van der Waals surface area contributed by atoms with Gasteiger partial charge in [-0.1, -0.05) is 46.3 Å². The van der Waals surface area contributed by atoms with Crippen LogP contribution in [0.2, 0.25) is 0 Å². The molecule has 2 aromatic rings. The molecule has 1 heterocycles. The van der Waals surface area contributed by atoms with Gasteiger partial charge in [-0.2, -0.15) is 0 Å².